The van der Waals surface area contributed by atoms with Crippen molar-refractivity contribution in [3.63, 3.8) is 0 Å². The Morgan fingerprint density at radius 1 is 1.00 bits per heavy atom. The van der Waals surface area contributed by atoms with Gasteiger partial charge in [-0.15, -0.1) is 0 Å². The molecule has 0 atom stereocenters. The lowest BCUT2D eigenvalue weighted by atomic mass is 9.99. The minimum atomic E-state index is -1.11. The lowest BCUT2D eigenvalue weighted by molar-refractivity contribution is -0.133. The maximum Gasteiger partial charge on any atom is 0.347 e. The standard InChI is InChI=1S/C16H14O7/c1-3-12(18)22-15(20)11-7-5-6-10(8-9-17)14(11)16(21)23-13(19)4-2/h3-7,17H,1-2,8-9H2. The number of ether oxygens (including phenoxy) is 2. The minimum absolute atomic E-state index is 0.0310. The summed E-state index contributed by atoms with van der Waals surface area (Å²) in [6.07, 6.45) is 1.60. The van der Waals surface area contributed by atoms with Gasteiger partial charge < -0.3 is 14.6 Å². The molecule has 0 saturated heterocycles. The molecule has 0 aromatic heterocycles. The number of rotatable bonds is 6. The molecule has 1 aromatic carbocycles. The summed E-state index contributed by atoms with van der Waals surface area (Å²) in [7, 11) is 0. The molecule has 0 heterocycles. The van der Waals surface area contributed by atoms with Crippen LogP contribution in [-0.4, -0.2) is 35.6 Å². The van der Waals surface area contributed by atoms with Gasteiger partial charge in [0.1, 0.15) is 0 Å². The van der Waals surface area contributed by atoms with Crippen LogP contribution < -0.4 is 0 Å². The van der Waals surface area contributed by atoms with E-state index in [9.17, 15) is 19.2 Å². The first-order valence-electron chi connectivity index (χ1n) is 6.44. The highest BCUT2D eigenvalue weighted by Crippen LogP contribution is 2.19. The summed E-state index contributed by atoms with van der Waals surface area (Å²) in [4.78, 5) is 46.4. The minimum Gasteiger partial charge on any atom is -0.396 e. The lowest BCUT2D eigenvalue weighted by Crippen LogP contribution is -2.20. The predicted molar refractivity (Wildman–Crippen MR) is 78.5 cm³/mol. The van der Waals surface area contributed by atoms with E-state index in [1.807, 2.05) is 0 Å². The van der Waals surface area contributed by atoms with Crippen molar-refractivity contribution >= 4 is 23.9 Å². The van der Waals surface area contributed by atoms with Crippen molar-refractivity contribution in [1.82, 2.24) is 0 Å². The summed E-state index contributed by atoms with van der Waals surface area (Å²) in [5.41, 5.74) is -0.276. The normalized spacial score (nSPS) is 9.61. The van der Waals surface area contributed by atoms with Gasteiger partial charge in [-0.1, -0.05) is 25.3 Å². The molecule has 0 aliphatic heterocycles. The Morgan fingerprint density at radius 2 is 1.57 bits per heavy atom. The SMILES string of the molecule is C=CC(=O)OC(=O)c1cccc(CCO)c1C(=O)OC(=O)C=C. The molecule has 1 aromatic rings. The van der Waals surface area contributed by atoms with E-state index in [4.69, 9.17) is 5.11 Å². The van der Waals surface area contributed by atoms with Gasteiger partial charge in [0.2, 0.25) is 0 Å². The first kappa shape index (κ1) is 18.0. The van der Waals surface area contributed by atoms with E-state index in [2.05, 4.69) is 22.6 Å². The number of esters is 4. The Hall–Kier alpha value is -3.06. The average Bonchev–Trinajstić information content (AvgIpc) is 2.54. The smallest absolute Gasteiger partial charge is 0.347 e. The summed E-state index contributed by atoms with van der Waals surface area (Å²) in [6, 6.07) is 4.14. The Balaban J connectivity index is 3.31. The Morgan fingerprint density at radius 3 is 2.09 bits per heavy atom. The van der Waals surface area contributed by atoms with Crippen LogP contribution in [0.25, 0.3) is 0 Å². The molecule has 1 rings (SSSR count). The van der Waals surface area contributed by atoms with Crippen LogP contribution in [0.3, 0.4) is 0 Å². The van der Waals surface area contributed by atoms with E-state index in [0.717, 1.165) is 12.2 Å². The highest BCUT2D eigenvalue weighted by molar-refractivity contribution is 6.10. The van der Waals surface area contributed by atoms with Gasteiger partial charge >= 0.3 is 23.9 Å². The number of aliphatic hydroxyl groups is 1. The van der Waals surface area contributed by atoms with Crippen molar-refractivity contribution in [3.8, 4) is 0 Å². The van der Waals surface area contributed by atoms with Gasteiger partial charge in [-0.3, -0.25) is 0 Å². The van der Waals surface area contributed by atoms with E-state index in [0.29, 0.717) is 0 Å². The van der Waals surface area contributed by atoms with Crippen LogP contribution in [0.5, 0.6) is 0 Å². The first-order chi connectivity index (χ1) is 10.9. The predicted octanol–water partition coefficient (Wildman–Crippen LogP) is 0.960. The zero-order valence-corrected chi connectivity index (χ0v) is 12.1. The Kier molecular flexibility index (Phi) is 6.57. The van der Waals surface area contributed by atoms with Crippen molar-refractivity contribution in [1.29, 1.82) is 0 Å². The summed E-state index contributed by atoms with van der Waals surface area (Å²) < 4.78 is 8.97. The van der Waals surface area contributed by atoms with E-state index in [1.165, 1.54) is 18.2 Å². The van der Waals surface area contributed by atoms with Crippen molar-refractivity contribution in [3.05, 3.63) is 60.2 Å². The van der Waals surface area contributed by atoms with Crippen LogP contribution in [0.15, 0.2) is 43.5 Å². The number of aliphatic hydroxyl groups excluding tert-OH is 1. The first-order valence-corrected chi connectivity index (χ1v) is 6.44. The fourth-order valence-electron chi connectivity index (χ4n) is 1.71. The molecule has 7 nitrogen and oxygen atoms in total. The molecular formula is C16H14O7. The van der Waals surface area contributed by atoms with Crippen LogP contribution in [0.2, 0.25) is 0 Å². The van der Waals surface area contributed by atoms with Crippen LogP contribution >= 0.6 is 0 Å². The van der Waals surface area contributed by atoms with Crippen molar-refractivity contribution in [2.24, 2.45) is 0 Å². The number of benzene rings is 1. The molecule has 0 aliphatic rings. The molecule has 7 heteroatoms. The number of carbonyl (C=O) groups excluding carboxylic acids is 4. The van der Waals surface area contributed by atoms with Crippen molar-refractivity contribution in [2.45, 2.75) is 6.42 Å². The number of hydrogen-bond acceptors (Lipinski definition) is 7. The maximum atomic E-state index is 12.1. The number of carbonyl (C=O) groups is 4. The molecule has 0 fully saturated rings. The largest absolute Gasteiger partial charge is 0.396 e. The highest BCUT2D eigenvalue weighted by Gasteiger charge is 2.25. The van der Waals surface area contributed by atoms with Gasteiger partial charge in [0, 0.05) is 18.8 Å². The Labute approximate surface area is 131 Å². The third-order valence-electron chi connectivity index (χ3n) is 2.68. The van der Waals surface area contributed by atoms with Gasteiger partial charge in [0.05, 0.1) is 11.1 Å². The van der Waals surface area contributed by atoms with Crippen LogP contribution in [0.1, 0.15) is 26.3 Å². The summed E-state index contributed by atoms with van der Waals surface area (Å²) >= 11 is 0. The fourth-order valence-corrected chi connectivity index (χ4v) is 1.71. The zero-order chi connectivity index (χ0) is 17.4. The number of hydrogen-bond donors (Lipinski definition) is 1. The van der Waals surface area contributed by atoms with E-state index in [-0.39, 0.29) is 29.7 Å². The van der Waals surface area contributed by atoms with Crippen molar-refractivity contribution < 1.29 is 33.8 Å². The lowest BCUT2D eigenvalue weighted by Gasteiger charge is -2.11. The van der Waals surface area contributed by atoms with Crippen LogP contribution in [0, 0.1) is 0 Å². The molecule has 0 bridgehead atoms. The highest BCUT2D eigenvalue weighted by atomic mass is 16.6. The molecule has 0 unspecified atom stereocenters. The van der Waals surface area contributed by atoms with E-state index in [1.54, 1.807) is 0 Å². The van der Waals surface area contributed by atoms with Crippen LogP contribution in [-0.2, 0) is 25.5 Å². The molecule has 0 saturated carbocycles. The van der Waals surface area contributed by atoms with Gasteiger partial charge in [0.15, 0.2) is 0 Å². The Bertz CT molecular complexity index is 673. The molecule has 1 N–H and O–H groups in total. The topological polar surface area (TPSA) is 107 Å². The fraction of sp³-hybridized carbons (Fsp3) is 0.125. The molecule has 120 valence electrons. The van der Waals surface area contributed by atoms with Crippen molar-refractivity contribution in [2.75, 3.05) is 6.61 Å². The van der Waals surface area contributed by atoms with Gasteiger partial charge in [-0.05, 0) is 18.1 Å². The second kappa shape index (κ2) is 8.40. The summed E-state index contributed by atoms with van der Waals surface area (Å²) in [6.45, 7) is 6.01. The molecule has 0 spiro atoms. The third kappa shape index (κ3) is 4.72. The second-order valence-electron chi connectivity index (χ2n) is 4.14. The molecule has 0 aliphatic carbocycles. The maximum absolute atomic E-state index is 12.1. The van der Waals surface area contributed by atoms with E-state index >= 15 is 0 Å². The monoisotopic (exact) mass is 318 g/mol. The van der Waals surface area contributed by atoms with Gasteiger partial charge in [0.25, 0.3) is 0 Å². The average molecular weight is 318 g/mol. The quantitative estimate of drug-likeness (QED) is 0.473. The van der Waals surface area contributed by atoms with Crippen LogP contribution in [0.4, 0.5) is 0 Å². The van der Waals surface area contributed by atoms with Gasteiger partial charge in [-0.2, -0.15) is 0 Å². The van der Waals surface area contributed by atoms with E-state index < -0.39 is 23.9 Å². The van der Waals surface area contributed by atoms with Gasteiger partial charge in [-0.25, -0.2) is 19.2 Å². The molecule has 0 amide bonds. The summed E-state index contributed by atoms with van der Waals surface area (Å²) in [5, 5.41) is 9.05. The molecule has 23 heavy (non-hydrogen) atoms. The zero-order valence-electron chi connectivity index (χ0n) is 12.1. The molecule has 0 radical (unpaired) electrons. The molecular weight excluding hydrogens is 304 g/mol. The summed E-state index contributed by atoms with van der Waals surface area (Å²) in [5.74, 6) is -4.22. The third-order valence-corrected chi connectivity index (χ3v) is 2.68. The second-order valence-corrected chi connectivity index (χ2v) is 4.14.